The van der Waals surface area contributed by atoms with Gasteiger partial charge >= 0.3 is 5.97 Å². The molecule has 0 N–H and O–H groups in total. The second kappa shape index (κ2) is 6.32. The molecule has 2 rings (SSSR count). The second-order valence-corrected chi connectivity index (χ2v) is 4.55. The van der Waals surface area contributed by atoms with E-state index in [0.29, 0.717) is 5.56 Å². The van der Waals surface area contributed by atoms with Crippen LogP contribution in [0.3, 0.4) is 0 Å². The van der Waals surface area contributed by atoms with Gasteiger partial charge in [0.2, 0.25) is 0 Å². The van der Waals surface area contributed by atoms with Gasteiger partial charge in [-0.3, -0.25) is 14.3 Å². The maximum Gasteiger partial charge on any atom is 0.313 e. The molecular formula is C15H18N2O3. The predicted octanol–water partition coefficient (Wildman–Crippen LogP) is 2.58. The molecule has 20 heavy (non-hydrogen) atoms. The number of hydrogen-bond donors (Lipinski definition) is 0. The van der Waals surface area contributed by atoms with E-state index in [9.17, 15) is 9.59 Å². The minimum atomic E-state index is -0.487. The van der Waals surface area contributed by atoms with Gasteiger partial charge in [0.1, 0.15) is 6.42 Å². The number of carbonyl (C=O) groups excluding carboxylic acids is 2. The number of nitrogens with zero attached hydrogens (tertiary/aromatic N) is 2. The van der Waals surface area contributed by atoms with E-state index in [4.69, 9.17) is 4.74 Å². The Morgan fingerprint density at radius 3 is 2.80 bits per heavy atom. The third-order valence-corrected chi connectivity index (χ3v) is 3.01. The molecule has 0 radical (unpaired) electrons. The quantitative estimate of drug-likeness (QED) is 0.461. The van der Waals surface area contributed by atoms with Crippen LogP contribution in [0, 0.1) is 0 Å². The molecule has 0 bridgehead atoms. The number of aryl methyl sites for hydroxylation is 1. The van der Waals surface area contributed by atoms with Crippen LogP contribution in [0.4, 0.5) is 0 Å². The minimum Gasteiger partial charge on any atom is -0.466 e. The maximum atomic E-state index is 12.0. The highest BCUT2D eigenvalue weighted by Crippen LogP contribution is 2.17. The summed E-state index contributed by atoms with van der Waals surface area (Å²) in [4.78, 5) is 23.3. The Balaban J connectivity index is 2.19. The van der Waals surface area contributed by atoms with Crippen molar-refractivity contribution in [2.24, 2.45) is 0 Å². The van der Waals surface area contributed by atoms with Gasteiger partial charge in [0.25, 0.3) is 0 Å². The third-order valence-electron chi connectivity index (χ3n) is 3.01. The fraction of sp³-hybridized carbons (Fsp3) is 0.400. The second-order valence-electron chi connectivity index (χ2n) is 4.55. The van der Waals surface area contributed by atoms with Gasteiger partial charge in [0.05, 0.1) is 18.3 Å². The topological polar surface area (TPSA) is 61.2 Å². The van der Waals surface area contributed by atoms with E-state index in [1.807, 2.05) is 10.7 Å². The largest absolute Gasteiger partial charge is 0.466 e. The minimum absolute atomic E-state index is 0.220. The zero-order valence-corrected chi connectivity index (χ0v) is 11.8. The van der Waals surface area contributed by atoms with E-state index in [2.05, 4.69) is 12.0 Å². The van der Waals surface area contributed by atoms with Crippen molar-refractivity contribution >= 4 is 22.7 Å². The van der Waals surface area contributed by atoms with Gasteiger partial charge in [-0.25, -0.2) is 0 Å². The molecule has 0 aliphatic rings. The van der Waals surface area contributed by atoms with Gasteiger partial charge in [-0.2, -0.15) is 5.10 Å². The van der Waals surface area contributed by atoms with Crippen LogP contribution in [0.25, 0.3) is 10.9 Å². The summed E-state index contributed by atoms with van der Waals surface area (Å²) in [5.41, 5.74) is 1.51. The first kappa shape index (κ1) is 14.2. The Hall–Kier alpha value is -2.17. The molecule has 5 nitrogen and oxygen atoms in total. The monoisotopic (exact) mass is 274 g/mol. The molecule has 0 spiro atoms. The van der Waals surface area contributed by atoms with Crippen molar-refractivity contribution in [3.8, 4) is 0 Å². The number of rotatable bonds is 6. The van der Waals surface area contributed by atoms with Gasteiger partial charge in [-0.15, -0.1) is 0 Å². The first-order chi connectivity index (χ1) is 9.65. The Morgan fingerprint density at radius 2 is 2.10 bits per heavy atom. The Labute approximate surface area is 117 Å². The van der Waals surface area contributed by atoms with E-state index in [1.54, 1.807) is 25.3 Å². The summed E-state index contributed by atoms with van der Waals surface area (Å²) in [7, 11) is 0. The molecule has 2 aromatic rings. The van der Waals surface area contributed by atoms with Crippen LogP contribution in [-0.4, -0.2) is 28.1 Å². The molecule has 5 heteroatoms. The summed E-state index contributed by atoms with van der Waals surface area (Å²) in [5.74, 6) is -0.715. The van der Waals surface area contributed by atoms with E-state index in [1.165, 1.54) is 0 Å². The normalized spacial score (nSPS) is 10.7. The molecule has 1 heterocycles. The molecule has 0 saturated carbocycles. The lowest BCUT2D eigenvalue weighted by Crippen LogP contribution is -2.11. The predicted molar refractivity (Wildman–Crippen MR) is 75.6 cm³/mol. The average molecular weight is 274 g/mol. The van der Waals surface area contributed by atoms with Gasteiger partial charge in [-0.1, -0.05) is 6.92 Å². The molecule has 1 aromatic heterocycles. The molecule has 0 atom stereocenters. The summed E-state index contributed by atoms with van der Waals surface area (Å²) in [6.45, 7) is 4.94. The van der Waals surface area contributed by atoms with Crippen LogP contribution in [-0.2, 0) is 16.1 Å². The summed E-state index contributed by atoms with van der Waals surface area (Å²) < 4.78 is 6.69. The van der Waals surface area contributed by atoms with Crippen molar-refractivity contribution in [2.45, 2.75) is 33.2 Å². The summed E-state index contributed by atoms with van der Waals surface area (Å²) in [6.07, 6.45) is 2.52. The smallest absolute Gasteiger partial charge is 0.313 e. The highest BCUT2D eigenvalue weighted by molar-refractivity contribution is 6.07. The number of hydrogen-bond acceptors (Lipinski definition) is 4. The lowest BCUT2D eigenvalue weighted by atomic mass is 10.1. The molecular weight excluding hydrogens is 256 g/mol. The van der Waals surface area contributed by atoms with Crippen molar-refractivity contribution < 1.29 is 14.3 Å². The van der Waals surface area contributed by atoms with E-state index in [0.717, 1.165) is 23.9 Å². The molecule has 0 aliphatic heterocycles. The summed E-state index contributed by atoms with van der Waals surface area (Å²) in [5, 5.41) is 5.20. The molecule has 0 saturated heterocycles. The lowest BCUT2D eigenvalue weighted by Gasteiger charge is -2.03. The van der Waals surface area contributed by atoms with Gasteiger partial charge in [0.15, 0.2) is 5.78 Å². The first-order valence-corrected chi connectivity index (χ1v) is 6.80. The molecule has 1 aromatic carbocycles. The molecule has 0 fully saturated rings. The van der Waals surface area contributed by atoms with Crippen LogP contribution in [0.1, 0.15) is 37.0 Å². The molecule has 0 aliphatic carbocycles. The zero-order chi connectivity index (χ0) is 14.5. The van der Waals surface area contributed by atoms with Crippen LogP contribution in [0.2, 0.25) is 0 Å². The fourth-order valence-corrected chi connectivity index (χ4v) is 2.10. The first-order valence-electron chi connectivity index (χ1n) is 6.80. The van der Waals surface area contributed by atoms with Crippen LogP contribution in [0.15, 0.2) is 24.4 Å². The zero-order valence-electron chi connectivity index (χ0n) is 11.8. The van der Waals surface area contributed by atoms with Crippen molar-refractivity contribution in [1.29, 1.82) is 0 Å². The highest BCUT2D eigenvalue weighted by atomic mass is 16.5. The summed E-state index contributed by atoms with van der Waals surface area (Å²) >= 11 is 0. The molecule has 0 amide bonds. The number of fused-ring (bicyclic) bond motifs is 1. The Bertz CT molecular complexity index is 631. The number of aromatic nitrogens is 2. The number of esters is 1. The molecule has 106 valence electrons. The van der Waals surface area contributed by atoms with Gasteiger partial charge in [0, 0.05) is 17.5 Å². The van der Waals surface area contributed by atoms with E-state index in [-0.39, 0.29) is 18.8 Å². The van der Waals surface area contributed by atoms with Gasteiger partial charge in [-0.05, 0) is 31.5 Å². The molecule has 0 unspecified atom stereocenters. The van der Waals surface area contributed by atoms with E-state index < -0.39 is 5.97 Å². The third kappa shape index (κ3) is 3.04. The number of benzene rings is 1. The Kier molecular flexibility index (Phi) is 4.50. The standard InChI is InChI=1S/C15H18N2O3/c1-3-7-17-13-6-5-11(8-12(13)10-16-17)14(18)9-15(19)20-4-2/h5-6,8,10H,3-4,7,9H2,1-2H3. The number of carbonyl (C=O) groups is 2. The lowest BCUT2D eigenvalue weighted by molar-refractivity contribution is -0.141. The SMILES string of the molecule is CCCn1ncc2cc(C(=O)CC(=O)OCC)ccc21. The van der Waals surface area contributed by atoms with Crippen LogP contribution >= 0.6 is 0 Å². The van der Waals surface area contributed by atoms with Crippen molar-refractivity contribution in [3.63, 3.8) is 0 Å². The number of Topliss-reactive ketones (excluding diaryl/α,β-unsaturated/α-hetero) is 1. The van der Waals surface area contributed by atoms with Crippen molar-refractivity contribution in [1.82, 2.24) is 9.78 Å². The van der Waals surface area contributed by atoms with Crippen molar-refractivity contribution in [3.05, 3.63) is 30.0 Å². The average Bonchev–Trinajstić information content (AvgIpc) is 2.82. The van der Waals surface area contributed by atoms with Crippen molar-refractivity contribution in [2.75, 3.05) is 6.61 Å². The Morgan fingerprint density at radius 1 is 1.30 bits per heavy atom. The van der Waals surface area contributed by atoms with E-state index >= 15 is 0 Å². The van der Waals surface area contributed by atoms with Crippen LogP contribution in [0.5, 0.6) is 0 Å². The highest BCUT2D eigenvalue weighted by Gasteiger charge is 2.13. The van der Waals surface area contributed by atoms with Gasteiger partial charge < -0.3 is 4.74 Å². The maximum absolute atomic E-state index is 12.0. The number of ether oxygens (including phenoxy) is 1. The fourth-order valence-electron chi connectivity index (χ4n) is 2.10. The summed E-state index contributed by atoms with van der Waals surface area (Å²) in [6, 6.07) is 5.38. The number of ketones is 1. The van der Waals surface area contributed by atoms with Crippen LogP contribution < -0.4 is 0 Å².